The number of hydrogen-bond acceptors (Lipinski definition) is 2. The summed E-state index contributed by atoms with van der Waals surface area (Å²) in [5, 5.41) is 9.81. The second kappa shape index (κ2) is 13.5. The number of quaternary nitrogens is 1. The van der Waals surface area contributed by atoms with Crippen molar-refractivity contribution in [3.05, 3.63) is 0 Å². The highest BCUT2D eigenvalue weighted by Crippen LogP contribution is 2.10. The average Bonchev–Trinajstić information content (AvgIpc) is 2.38. The van der Waals surface area contributed by atoms with Crippen LogP contribution in [0.3, 0.4) is 0 Å². The summed E-state index contributed by atoms with van der Waals surface area (Å²) in [6.45, 7) is 4.29. The molecule has 128 valence electrons. The molecule has 0 saturated carbocycles. The van der Waals surface area contributed by atoms with E-state index in [2.05, 4.69) is 28.1 Å². The molecule has 0 aliphatic rings. The Morgan fingerprint density at radius 3 is 1.76 bits per heavy atom. The van der Waals surface area contributed by atoms with Crippen LogP contribution in [0.4, 0.5) is 0 Å². The van der Waals surface area contributed by atoms with Gasteiger partial charge in [-0.3, -0.25) is 0 Å². The van der Waals surface area contributed by atoms with Crippen LogP contribution >= 0.6 is 0 Å². The van der Waals surface area contributed by atoms with Crippen LogP contribution in [0, 0.1) is 0 Å². The van der Waals surface area contributed by atoms with E-state index in [0.717, 1.165) is 24.1 Å². The lowest BCUT2D eigenvalue weighted by Crippen LogP contribution is -2.43. The average molecular weight is 303 g/mol. The van der Waals surface area contributed by atoms with Crippen molar-refractivity contribution in [3.8, 4) is 0 Å². The zero-order chi connectivity index (χ0) is 16.0. The summed E-state index contributed by atoms with van der Waals surface area (Å²) >= 11 is 0. The number of rotatable bonds is 15. The van der Waals surface area contributed by atoms with Crippen molar-refractivity contribution in [2.45, 2.75) is 77.2 Å². The Bertz CT molecular complexity index is 214. The molecule has 0 amide bonds. The highest BCUT2D eigenvalue weighted by Gasteiger charge is 2.14. The SMILES string of the molecule is CCCCCCCCCCCCOC[C@@H](O)C[N+](C)(C)C. The molecule has 0 aliphatic heterocycles. The lowest BCUT2D eigenvalue weighted by atomic mass is 10.1. The molecule has 1 N–H and O–H groups in total. The first-order valence-corrected chi connectivity index (χ1v) is 9.02. The second-order valence-corrected chi connectivity index (χ2v) is 7.38. The fourth-order valence-electron chi connectivity index (χ4n) is 2.60. The molecule has 0 aromatic carbocycles. The minimum absolute atomic E-state index is 0.340. The van der Waals surface area contributed by atoms with Gasteiger partial charge in [-0.1, -0.05) is 64.7 Å². The predicted octanol–water partition coefficient (Wildman–Crippen LogP) is 3.99. The molecule has 21 heavy (non-hydrogen) atoms. The third kappa shape index (κ3) is 17.8. The van der Waals surface area contributed by atoms with Crippen LogP contribution < -0.4 is 0 Å². The van der Waals surface area contributed by atoms with E-state index in [1.165, 1.54) is 57.8 Å². The third-order valence-electron chi connectivity index (χ3n) is 3.71. The van der Waals surface area contributed by atoms with Crippen molar-refractivity contribution in [2.75, 3.05) is 40.9 Å². The maximum Gasteiger partial charge on any atom is 0.126 e. The highest BCUT2D eigenvalue weighted by atomic mass is 16.5. The van der Waals surface area contributed by atoms with E-state index in [1.807, 2.05) is 0 Å². The van der Waals surface area contributed by atoms with Gasteiger partial charge in [-0.15, -0.1) is 0 Å². The molecular formula is C18H40NO2+. The molecule has 0 radical (unpaired) electrons. The van der Waals surface area contributed by atoms with E-state index in [4.69, 9.17) is 4.74 Å². The summed E-state index contributed by atoms with van der Waals surface area (Å²) in [5.41, 5.74) is 0. The Morgan fingerprint density at radius 1 is 0.810 bits per heavy atom. The normalized spacial score (nSPS) is 13.6. The second-order valence-electron chi connectivity index (χ2n) is 7.38. The summed E-state index contributed by atoms with van der Waals surface area (Å²) < 4.78 is 6.33. The van der Waals surface area contributed by atoms with Crippen LogP contribution in [0.15, 0.2) is 0 Å². The van der Waals surface area contributed by atoms with Gasteiger partial charge in [0.15, 0.2) is 0 Å². The molecule has 0 aliphatic carbocycles. The van der Waals surface area contributed by atoms with E-state index in [-0.39, 0.29) is 6.10 Å². The summed E-state index contributed by atoms with van der Waals surface area (Å²) in [4.78, 5) is 0. The summed E-state index contributed by atoms with van der Waals surface area (Å²) in [6.07, 6.45) is 13.1. The van der Waals surface area contributed by atoms with Crippen LogP contribution in [-0.2, 0) is 4.74 Å². The van der Waals surface area contributed by atoms with Crippen LogP contribution in [0.5, 0.6) is 0 Å². The number of nitrogens with zero attached hydrogens (tertiary/aromatic N) is 1. The predicted molar refractivity (Wildman–Crippen MR) is 91.6 cm³/mol. The summed E-state index contributed by atoms with van der Waals surface area (Å²) in [6, 6.07) is 0. The molecular weight excluding hydrogens is 262 g/mol. The molecule has 0 saturated heterocycles. The molecule has 0 rings (SSSR count). The van der Waals surface area contributed by atoms with Crippen molar-refractivity contribution < 1.29 is 14.3 Å². The van der Waals surface area contributed by atoms with E-state index in [9.17, 15) is 5.11 Å². The Hall–Kier alpha value is -0.120. The van der Waals surface area contributed by atoms with Gasteiger partial charge in [0.05, 0.1) is 27.7 Å². The number of aliphatic hydroxyl groups excluding tert-OH is 1. The van der Waals surface area contributed by atoms with Gasteiger partial charge >= 0.3 is 0 Å². The quantitative estimate of drug-likeness (QED) is 0.366. The molecule has 0 bridgehead atoms. The van der Waals surface area contributed by atoms with Gasteiger partial charge in [0.25, 0.3) is 0 Å². The Balaban J connectivity index is 3.15. The largest absolute Gasteiger partial charge is 0.385 e. The van der Waals surface area contributed by atoms with E-state index < -0.39 is 0 Å². The lowest BCUT2D eigenvalue weighted by Gasteiger charge is -2.26. The Labute approximate surface area is 133 Å². The van der Waals surface area contributed by atoms with Gasteiger partial charge in [-0.05, 0) is 6.42 Å². The minimum Gasteiger partial charge on any atom is -0.385 e. The van der Waals surface area contributed by atoms with E-state index in [1.54, 1.807) is 0 Å². The topological polar surface area (TPSA) is 29.5 Å². The molecule has 0 aromatic heterocycles. The van der Waals surface area contributed by atoms with Crippen molar-refractivity contribution in [2.24, 2.45) is 0 Å². The van der Waals surface area contributed by atoms with Gasteiger partial charge in [-0.25, -0.2) is 0 Å². The molecule has 0 aromatic rings. The first kappa shape index (κ1) is 20.9. The Morgan fingerprint density at radius 2 is 1.29 bits per heavy atom. The maximum absolute atomic E-state index is 9.81. The fourth-order valence-corrected chi connectivity index (χ4v) is 2.60. The van der Waals surface area contributed by atoms with Crippen molar-refractivity contribution in [3.63, 3.8) is 0 Å². The molecule has 0 unspecified atom stereocenters. The van der Waals surface area contributed by atoms with E-state index in [0.29, 0.717) is 6.61 Å². The fraction of sp³-hybridized carbons (Fsp3) is 1.00. The van der Waals surface area contributed by atoms with Gasteiger partial charge < -0.3 is 14.3 Å². The lowest BCUT2D eigenvalue weighted by molar-refractivity contribution is -0.873. The van der Waals surface area contributed by atoms with Gasteiger partial charge in [0.1, 0.15) is 12.6 Å². The van der Waals surface area contributed by atoms with Crippen molar-refractivity contribution >= 4 is 0 Å². The Kier molecular flexibility index (Phi) is 13.5. The molecule has 3 heteroatoms. The van der Waals surface area contributed by atoms with Crippen molar-refractivity contribution in [1.29, 1.82) is 0 Å². The zero-order valence-electron chi connectivity index (χ0n) is 15.1. The molecule has 0 heterocycles. The van der Waals surface area contributed by atoms with Crippen molar-refractivity contribution in [1.82, 2.24) is 0 Å². The van der Waals surface area contributed by atoms with Gasteiger partial charge in [0.2, 0.25) is 0 Å². The molecule has 0 fully saturated rings. The van der Waals surface area contributed by atoms with Crippen LogP contribution in [0.2, 0.25) is 0 Å². The zero-order valence-corrected chi connectivity index (χ0v) is 15.1. The monoisotopic (exact) mass is 302 g/mol. The van der Waals surface area contributed by atoms with Gasteiger partial charge in [-0.2, -0.15) is 0 Å². The molecule has 1 atom stereocenters. The molecule has 0 spiro atoms. The molecule has 3 nitrogen and oxygen atoms in total. The van der Waals surface area contributed by atoms with Crippen LogP contribution in [0.25, 0.3) is 0 Å². The standard InChI is InChI=1S/C18H40NO2/c1-5-6-7-8-9-10-11-12-13-14-15-21-17-18(20)16-19(2,3)4/h18,20H,5-17H2,1-4H3/q+1/t18-/m0/s1. The summed E-state index contributed by atoms with van der Waals surface area (Å²) in [5.74, 6) is 0. The van der Waals surface area contributed by atoms with E-state index >= 15 is 0 Å². The van der Waals surface area contributed by atoms with Crippen LogP contribution in [0.1, 0.15) is 71.1 Å². The smallest absolute Gasteiger partial charge is 0.126 e. The maximum atomic E-state index is 9.81. The number of hydrogen-bond donors (Lipinski definition) is 1. The third-order valence-corrected chi connectivity index (χ3v) is 3.71. The van der Waals surface area contributed by atoms with Gasteiger partial charge in [0, 0.05) is 6.61 Å². The first-order chi connectivity index (χ1) is 9.95. The number of aliphatic hydroxyl groups is 1. The number of unbranched alkanes of at least 4 members (excludes halogenated alkanes) is 9. The van der Waals surface area contributed by atoms with Crippen LogP contribution in [-0.4, -0.2) is 56.6 Å². The first-order valence-electron chi connectivity index (χ1n) is 9.02. The minimum atomic E-state index is -0.340. The summed E-state index contributed by atoms with van der Waals surface area (Å²) in [7, 11) is 6.27. The number of likely N-dealkylation sites (N-methyl/N-ethyl adjacent to an activating group) is 1. The highest BCUT2D eigenvalue weighted by molar-refractivity contribution is 4.52. The number of ether oxygens (including phenoxy) is 1.